The molecular weight excluding hydrogens is 619 g/mol. The van der Waals surface area contributed by atoms with Crippen LogP contribution < -0.4 is 4.90 Å². The number of hydrogen-bond acceptors (Lipinski definition) is 2. The second kappa shape index (κ2) is 11.8. The van der Waals surface area contributed by atoms with Gasteiger partial charge < -0.3 is 9.32 Å². The standard InChI is InChI=1S/C49H33NO/c1-4-16-35(17-5-1)49(36-18-6-2-7-19-36)44-25-13-10-23-40(44)41-30-29-38(33-45(41)49)50(37-20-8-3-9-21-37)46-26-14-11-22-39(46)34-28-31-48-43(32-34)42-24-12-15-27-47(42)51-48/h1-33H. The van der Waals surface area contributed by atoms with Crippen molar-refractivity contribution in [2.75, 3.05) is 4.90 Å². The minimum atomic E-state index is -0.486. The summed E-state index contributed by atoms with van der Waals surface area (Å²) in [4.78, 5) is 2.41. The van der Waals surface area contributed by atoms with Crippen molar-refractivity contribution in [1.82, 2.24) is 0 Å². The highest BCUT2D eigenvalue weighted by Crippen LogP contribution is 2.57. The Morgan fingerprint density at radius 2 is 0.961 bits per heavy atom. The summed E-state index contributed by atoms with van der Waals surface area (Å²) in [7, 11) is 0. The molecule has 0 amide bonds. The molecule has 2 heteroatoms. The SMILES string of the molecule is c1ccc(N(c2ccc3c(c2)C(c2ccccc2)(c2ccccc2)c2ccccc2-3)c2ccccc2-c2ccc3oc4ccccc4c3c2)cc1. The Balaban J connectivity index is 1.23. The summed E-state index contributed by atoms with van der Waals surface area (Å²) in [5, 5.41) is 2.25. The van der Waals surface area contributed by atoms with Crippen molar-refractivity contribution >= 4 is 39.0 Å². The summed E-state index contributed by atoms with van der Waals surface area (Å²) in [5.41, 5.74) is 14.6. The van der Waals surface area contributed by atoms with Crippen LogP contribution in [0, 0.1) is 0 Å². The first-order valence-electron chi connectivity index (χ1n) is 17.5. The minimum absolute atomic E-state index is 0.486. The van der Waals surface area contributed by atoms with Crippen molar-refractivity contribution in [2.24, 2.45) is 0 Å². The van der Waals surface area contributed by atoms with E-state index in [0.717, 1.165) is 50.1 Å². The van der Waals surface area contributed by atoms with Gasteiger partial charge in [-0.05, 0) is 87.5 Å². The molecule has 0 radical (unpaired) electrons. The molecule has 0 unspecified atom stereocenters. The summed E-state index contributed by atoms with van der Waals surface area (Å²) in [6.07, 6.45) is 0. The molecule has 0 aliphatic heterocycles. The Bertz CT molecular complexity index is 2650. The molecule has 0 saturated heterocycles. The maximum absolute atomic E-state index is 6.21. The largest absolute Gasteiger partial charge is 0.456 e. The van der Waals surface area contributed by atoms with Gasteiger partial charge in [0.2, 0.25) is 0 Å². The summed E-state index contributed by atoms with van der Waals surface area (Å²) in [5.74, 6) is 0. The predicted molar refractivity (Wildman–Crippen MR) is 211 cm³/mol. The second-order valence-corrected chi connectivity index (χ2v) is 13.3. The average molecular weight is 652 g/mol. The highest BCUT2D eigenvalue weighted by molar-refractivity contribution is 6.07. The van der Waals surface area contributed by atoms with E-state index in [0.29, 0.717) is 0 Å². The molecule has 1 heterocycles. The van der Waals surface area contributed by atoms with Gasteiger partial charge in [-0.3, -0.25) is 0 Å². The highest BCUT2D eigenvalue weighted by atomic mass is 16.3. The zero-order valence-electron chi connectivity index (χ0n) is 27.9. The van der Waals surface area contributed by atoms with E-state index in [9.17, 15) is 0 Å². The van der Waals surface area contributed by atoms with Gasteiger partial charge in [0.25, 0.3) is 0 Å². The molecule has 9 aromatic rings. The minimum Gasteiger partial charge on any atom is -0.456 e. The Hall–Kier alpha value is -6.64. The lowest BCUT2D eigenvalue weighted by Gasteiger charge is -2.35. The maximum Gasteiger partial charge on any atom is 0.135 e. The average Bonchev–Trinajstić information content (AvgIpc) is 3.73. The number of para-hydroxylation sites is 3. The molecule has 0 spiro atoms. The van der Waals surface area contributed by atoms with Crippen molar-refractivity contribution in [3.05, 3.63) is 222 Å². The van der Waals surface area contributed by atoms with Gasteiger partial charge in [-0.1, -0.05) is 152 Å². The number of furan rings is 1. The third-order valence-corrected chi connectivity index (χ3v) is 10.5. The van der Waals surface area contributed by atoms with Gasteiger partial charge in [0, 0.05) is 27.7 Å². The summed E-state index contributed by atoms with van der Waals surface area (Å²) >= 11 is 0. The van der Waals surface area contributed by atoms with Crippen molar-refractivity contribution in [3.63, 3.8) is 0 Å². The maximum atomic E-state index is 6.21. The Kier molecular flexibility index (Phi) is 6.75. The first kappa shape index (κ1) is 29.3. The molecule has 0 atom stereocenters. The molecule has 8 aromatic carbocycles. The van der Waals surface area contributed by atoms with Crippen molar-refractivity contribution in [3.8, 4) is 22.3 Å². The lowest BCUT2D eigenvalue weighted by Crippen LogP contribution is -2.28. The molecule has 0 N–H and O–H groups in total. The fourth-order valence-corrected chi connectivity index (χ4v) is 8.38. The second-order valence-electron chi connectivity index (χ2n) is 13.3. The molecule has 0 saturated carbocycles. The number of rotatable bonds is 6. The molecule has 0 bridgehead atoms. The Morgan fingerprint density at radius 1 is 0.373 bits per heavy atom. The van der Waals surface area contributed by atoms with Crippen LogP contribution in [-0.4, -0.2) is 0 Å². The van der Waals surface area contributed by atoms with Gasteiger partial charge >= 0.3 is 0 Å². The van der Waals surface area contributed by atoms with Crippen LogP contribution in [0.1, 0.15) is 22.3 Å². The zero-order valence-corrected chi connectivity index (χ0v) is 27.9. The topological polar surface area (TPSA) is 16.4 Å². The van der Waals surface area contributed by atoms with E-state index < -0.39 is 5.41 Å². The number of fused-ring (bicyclic) bond motifs is 6. The zero-order chi connectivity index (χ0) is 33.8. The first-order valence-corrected chi connectivity index (χ1v) is 17.5. The van der Waals surface area contributed by atoms with Crippen LogP contribution >= 0.6 is 0 Å². The third-order valence-electron chi connectivity index (χ3n) is 10.5. The van der Waals surface area contributed by atoms with Crippen LogP contribution in [0.15, 0.2) is 205 Å². The number of hydrogen-bond donors (Lipinski definition) is 0. The third kappa shape index (κ3) is 4.50. The summed E-state index contributed by atoms with van der Waals surface area (Å²) in [6, 6.07) is 72.3. The number of anilines is 3. The van der Waals surface area contributed by atoms with Gasteiger partial charge in [-0.15, -0.1) is 0 Å². The fraction of sp³-hybridized carbons (Fsp3) is 0.0204. The molecule has 1 aliphatic rings. The van der Waals surface area contributed by atoms with E-state index in [2.05, 4.69) is 193 Å². The molecular formula is C49H33NO. The number of nitrogens with zero attached hydrogens (tertiary/aromatic N) is 1. The lowest BCUT2D eigenvalue weighted by molar-refractivity contribution is 0.669. The van der Waals surface area contributed by atoms with Crippen LogP contribution in [-0.2, 0) is 5.41 Å². The molecule has 1 aromatic heterocycles. The molecule has 51 heavy (non-hydrogen) atoms. The highest BCUT2D eigenvalue weighted by Gasteiger charge is 2.46. The smallest absolute Gasteiger partial charge is 0.135 e. The van der Waals surface area contributed by atoms with E-state index in [4.69, 9.17) is 4.42 Å². The van der Waals surface area contributed by atoms with Gasteiger partial charge in [0.15, 0.2) is 0 Å². The first-order chi connectivity index (χ1) is 25.3. The van der Waals surface area contributed by atoms with Crippen LogP contribution in [0.3, 0.4) is 0 Å². The molecule has 240 valence electrons. The molecule has 1 aliphatic carbocycles. The van der Waals surface area contributed by atoms with Gasteiger partial charge in [-0.2, -0.15) is 0 Å². The summed E-state index contributed by atoms with van der Waals surface area (Å²) < 4.78 is 6.21. The van der Waals surface area contributed by atoms with Crippen molar-refractivity contribution in [1.29, 1.82) is 0 Å². The van der Waals surface area contributed by atoms with Gasteiger partial charge in [-0.25, -0.2) is 0 Å². The van der Waals surface area contributed by atoms with E-state index in [-0.39, 0.29) is 0 Å². The number of benzene rings is 8. The molecule has 10 rings (SSSR count). The van der Waals surface area contributed by atoms with Crippen LogP contribution in [0.5, 0.6) is 0 Å². The normalized spacial score (nSPS) is 12.9. The quantitative estimate of drug-likeness (QED) is 0.178. The van der Waals surface area contributed by atoms with Gasteiger partial charge in [0.1, 0.15) is 11.2 Å². The van der Waals surface area contributed by atoms with E-state index in [1.54, 1.807) is 0 Å². The molecule has 2 nitrogen and oxygen atoms in total. The monoisotopic (exact) mass is 651 g/mol. The van der Waals surface area contributed by atoms with Crippen molar-refractivity contribution < 1.29 is 4.42 Å². The van der Waals surface area contributed by atoms with Crippen LogP contribution in [0.2, 0.25) is 0 Å². The van der Waals surface area contributed by atoms with Crippen LogP contribution in [0.4, 0.5) is 17.1 Å². The van der Waals surface area contributed by atoms with E-state index in [1.165, 1.54) is 33.4 Å². The Morgan fingerprint density at radius 3 is 1.73 bits per heavy atom. The van der Waals surface area contributed by atoms with E-state index in [1.807, 2.05) is 12.1 Å². The molecule has 0 fully saturated rings. The lowest BCUT2D eigenvalue weighted by atomic mass is 9.67. The Labute approximate surface area is 297 Å². The van der Waals surface area contributed by atoms with Crippen LogP contribution in [0.25, 0.3) is 44.2 Å². The van der Waals surface area contributed by atoms with E-state index >= 15 is 0 Å². The van der Waals surface area contributed by atoms with Gasteiger partial charge in [0.05, 0.1) is 11.1 Å². The predicted octanol–water partition coefficient (Wildman–Crippen LogP) is 13.1. The van der Waals surface area contributed by atoms with Crippen molar-refractivity contribution in [2.45, 2.75) is 5.41 Å². The summed E-state index contributed by atoms with van der Waals surface area (Å²) in [6.45, 7) is 0. The fourth-order valence-electron chi connectivity index (χ4n) is 8.38.